The SMILES string of the molecule is COc1ccc(C2CNC(C)(CO)C2)cc1. The third-order valence-electron chi connectivity index (χ3n) is 3.41. The van der Waals surface area contributed by atoms with E-state index in [0.29, 0.717) is 5.92 Å². The van der Waals surface area contributed by atoms with Gasteiger partial charge in [0.05, 0.1) is 13.7 Å². The van der Waals surface area contributed by atoms with E-state index >= 15 is 0 Å². The lowest BCUT2D eigenvalue weighted by Crippen LogP contribution is -2.39. The van der Waals surface area contributed by atoms with Crippen LogP contribution in [0.2, 0.25) is 0 Å². The van der Waals surface area contributed by atoms with Crippen LogP contribution in [0.25, 0.3) is 0 Å². The molecule has 2 unspecified atom stereocenters. The van der Waals surface area contributed by atoms with E-state index in [-0.39, 0.29) is 12.1 Å². The summed E-state index contributed by atoms with van der Waals surface area (Å²) in [6, 6.07) is 8.19. The van der Waals surface area contributed by atoms with Crippen molar-refractivity contribution in [1.29, 1.82) is 0 Å². The van der Waals surface area contributed by atoms with Crippen molar-refractivity contribution in [2.75, 3.05) is 20.3 Å². The highest BCUT2D eigenvalue weighted by Crippen LogP contribution is 2.32. The molecule has 16 heavy (non-hydrogen) atoms. The lowest BCUT2D eigenvalue weighted by molar-refractivity contribution is 0.191. The number of ether oxygens (including phenoxy) is 1. The first-order valence-corrected chi connectivity index (χ1v) is 5.67. The normalized spacial score (nSPS) is 29.3. The number of rotatable bonds is 3. The molecule has 0 radical (unpaired) electrons. The molecule has 0 aromatic heterocycles. The first-order valence-electron chi connectivity index (χ1n) is 5.67. The Balaban J connectivity index is 2.08. The fourth-order valence-corrected chi connectivity index (χ4v) is 2.29. The molecule has 1 aromatic rings. The maximum absolute atomic E-state index is 9.29. The molecule has 1 fully saturated rings. The summed E-state index contributed by atoms with van der Waals surface area (Å²) < 4.78 is 5.14. The molecule has 2 atom stereocenters. The number of aliphatic hydroxyl groups excluding tert-OH is 1. The van der Waals surface area contributed by atoms with Crippen molar-refractivity contribution in [2.45, 2.75) is 24.8 Å². The van der Waals surface area contributed by atoms with Crippen molar-refractivity contribution in [3.8, 4) is 5.75 Å². The standard InChI is InChI=1S/C13H19NO2/c1-13(9-15)7-11(8-14-13)10-3-5-12(16-2)6-4-10/h3-6,11,14-15H,7-9H2,1-2H3. The van der Waals surface area contributed by atoms with Gasteiger partial charge in [-0.05, 0) is 37.0 Å². The fraction of sp³-hybridized carbons (Fsp3) is 0.538. The maximum atomic E-state index is 9.29. The third-order valence-corrected chi connectivity index (χ3v) is 3.41. The van der Waals surface area contributed by atoms with Gasteiger partial charge in [-0.25, -0.2) is 0 Å². The quantitative estimate of drug-likeness (QED) is 0.813. The highest BCUT2D eigenvalue weighted by atomic mass is 16.5. The largest absolute Gasteiger partial charge is 0.497 e. The first-order chi connectivity index (χ1) is 7.67. The summed E-state index contributed by atoms with van der Waals surface area (Å²) in [5.74, 6) is 1.38. The molecule has 1 aliphatic heterocycles. The number of benzene rings is 1. The van der Waals surface area contributed by atoms with Gasteiger partial charge in [0.15, 0.2) is 0 Å². The van der Waals surface area contributed by atoms with E-state index in [1.54, 1.807) is 7.11 Å². The second kappa shape index (κ2) is 4.44. The van der Waals surface area contributed by atoms with E-state index < -0.39 is 0 Å². The molecule has 0 aliphatic carbocycles. The summed E-state index contributed by atoms with van der Waals surface area (Å²) in [4.78, 5) is 0. The van der Waals surface area contributed by atoms with Gasteiger partial charge in [-0.15, -0.1) is 0 Å². The number of hydrogen-bond donors (Lipinski definition) is 2. The summed E-state index contributed by atoms with van der Waals surface area (Å²) in [7, 11) is 1.68. The number of methoxy groups -OCH3 is 1. The summed E-state index contributed by atoms with van der Waals surface area (Å²) in [6.45, 7) is 3.19. The summed E-state index contributed by atoms with van der Waals surface area (Å²) in [6.07, 6.45) is 0.982. The smallest absolute Gasteiger partial charge is 0.118 e. The molecule has 0 bridgehead atoms. The van der Waals surface area contributed by atoms with Crippen LogP contribution in [-0.2, 0) is 0 Å². The zero-order valence-electron chi connectivity index (χ0n) is 9.86. The van der Waals surface area contributed by atoms with Crippen molar-refractivity contribution in [2.24, 2.45) is 0 Å². The van der Waals surface area contributed by atoms with Crippen LogP contribution in [0.1, 0.15) is 24.8 Å². The van der Waals surface area contributed by atoms with Crippen molar-refractivity contribution >= 4 is 0 Å². The van der Waals surface area contributed by atoms with Crippen molar-refractivity contribution in [3.05, 3.63) is 29.8 Å². The minimum atomic E-state index is -0.120. The molecule has 2 rings (SSSR count). The highest BCUT2D eigenvalue weighted by molar-refractivity contribution is 5.30. The van der Waals surface area contributed by atoms with Crippen LogP contribution >= 0.6 is 0 Å². The van der Waals surface area contributed by atoms with Crippen LogP contribution in [0, 0.1) is 0 Å². The lowest BCUT2D eigenvalue weighted by atomic mass is 9.91. The zero-order chi connectivity index (χ0) is 11.6. The summed E-state index contributed by atoms with van der Waals surface area (Å²) >= 11 is 0. The van der Waals surface area contributed by atoms with E-state index in [0.717, 1.165) is 18.7 Å². The van der Waals surface area contributed by atoms with Gasteiger partial charge in [-0.1, -0.05) is 12.1 Å². The van der Waals surface area contributed by atoms with Crippen molar-refractivity contribution in [3.63, 3.8) is 0 Å². The average molecular weight is 221 g/mol. The highest BCUT2D eigenvalue weighted by Gasteiger charge is 2.34. The molecule has 0 spiro atoms. The molecule has 1 heterocycles. The Bertz CT molecular complexity index is 349. The van der Waals surface area contributed by atoms with E-state index in [4.69, 9.17) is 4.74 Å². The Morgan fingerprint density at radius 1 is 1.44 bits per heavy atom. The number of hydrogen-bond acceptors (Lipinski definition) is 3. The number of nitrogens with one attached hydrogen (secondary N) is 1. The first kappa shape index (κ1) is 11.4. The van der Waals surface area contributed by atoms with E-state index in [1.165, 1.54) is 5.56 Å². The zero-order valence-corrected chi connectivity index (χ0v) is 9.86. The van der Waals surface area contributed by atoms with Gasteiger partial charge in [0.1, 0.15) is 5.75 Å². The predicted molar refractivity (Wildman–Crippen MR) is 63.8 cm³/mol. The minimum absolute atomic E-state index is 0.120. The van der Waals surface area contributed by atoms with Gasteiger partial charge in [0, 0.05) is 12.1 Å². The Hall–Kier alpha value is -1.06. The minimum Gasteiger partial charge on any atom is -0.497 e. The van der Waals surface area contributed by atoms with Crippen LogP contribution in [0.15, 0.2) is 24.3 Å². The average Bonchev–Trinajstić information content (AvgIpc) is 2.73. The molecule has 88 valence electrons. The fourth-order valence-electron chi connectivity index (χ4n) is 2.29. The second-order valence-electron chi connectivity index (χ2n) is 4.77. The van der Waals surface area contributed by atoms with Gasteiger partial charge >= 0.3 is 0 Å². The molecule has 1 saturated heterocycles. The Morgan fingerprint density at radius 3 is 2.62 bits per heavy atom. The van der Waals surface area contributed by atoms with Crippen LogP contribution in [-0.4, -0.2) is 30.9 Å². The third kappa shape index (κ3) is 2.20. The molecular weight excluding hydrogens is 202 g/mol. The van der Waals surface area contributed by atoms with Gasteiger partial charge in [0.25, 0.3) is 0 Å². The molecule has 2 N–H and O–H groups in total. The molecular formula is C13H19NO2. The number of aliphatic hydroxyl groups is 1. The molecule has 1 aliphatic rings. The molecule has 3 nitrogen and oxygen atoms in total. The van der Waals surface area contributed by atoms with Crippen LogP contribution in [0.3, 0.4) is 0 Å². The molecule has 1 aromatic carbocycles. The molecule has 3 heteroatoms. The van der Waals surface area contributed by atoms with E-state index in [9.17, 15) is 5.11 Å². The van der Waals surface area contributed by atoms with Crippen LogP contribution in [0.5, 0.6) is 5.75 Å². The Labute approximate surface area is 96.4 Å². The Morgan fingerprint density at radius 2 is 2.12 bits per heavy atom. The van der Waals surface area contributed by atoms with Gasteiger partial charge in [-0.3, -0.25) is 0 Å². The summed E-state index contributed by atoms with van der Waals surface area (Å²) in [5, 5.41) is 12.7. The molecule has 0 saturated carbocycles. The topological polar surface area (TPSA) is 41.5 Å². The second-order valence-corrected chi connectivity index (χ2v) is 4.77. The van der Waals surface area contributed by atoms with Crippen LogP contribution in [0.4, 0.5) is 0 Å². The molecule has 0 amide bonds. The summed E-state index contributed by atoms with van der Waals surface area (Å²) in [5.41, 5.74) is 1.19. The monoisotopic (exact) mass is 221 g/mol. The van der Waals surface area contributed by atoms with Crippen molar-refractivity contribution < 1.29 is 9.84 Å². The van der Waals surface area contributed by atoms with E-state index in [2.05, 4.69) is 24.4 Å². The van der Waals surface area contributed by atoms with E-state index in [1.807, 2.05) is 12.1 Å². The van der Waals surface area contributed by atoms with Crippen molar-refractivity contribution in [1.82, 2.24) is 5.32 Å². The van der Waals surface area contributed by atoms with Gasteiger partial charge in [-0.2, -0.15) is 0 Å². The maximum Gasteiger partial charge on any atom is 0.118 e. The lowest BCUT2D eigenvalue weighted by Gasteiger charge is -2.21. The predicted octanol–water partition coefficient (Wildman–Crippen LogP) is 1.52. The Kier molecular flexibility index (Phi) is 3.17. The van der Waals surface area contributed by atoms with Crippen LogP contribution < -0.4 is 10.1 Å². The van der Waals surface area contributed by atoms with Gasteiger partial charge < -0.3 is 15.2 Å². The van der Waals surface area contributed by atoms with Gasteiger partial charge in [0.2, 0.25) is 0 Å².